The number of hydrogen-bond donors (Lipinski definition) is 1. The van der Waals surface area contributed by atoms with Crippen LogP contribution in [0.4, 0.5) is 0 Å². The van der Waals surface area contributed by atoms with Crippen LogP contribution in [-0.2, 0) is 25.5 Å². The van der Waals surface area contributed by atoms with E-state index in [9.17, 15) is 14.7 Å². The molecule has 1 aliphatic carbocycles. The maximum atomic E-state index is 13.2. The van der Waals surface area contributed by atoms with E-state index >= 15 is 0 Å². The molecule has 1 amide bonds. The second-order valence-electron chi connectivity index (χ2n) is 9.10. The van der Waals surface area contributed by atoms with Crippen molar-refractivity contribution in [3.63, 3.8) is 0 Å². The van der Waals surface area contributed by atoms with Gasteiger partial charge in [-0.25, -0.2) is 0 Å². The molecule has 0 radical (unpaired) electrons. The van der Waals surface area contributed by atoms with Gasteiger partial charge in [0.15, 0.2) is 0 Å². The molecule has 3 aliphatic rings. The van der Waals surface area contributed by atoms with Gasteiger partial charge in [0.25, 0.3) is 0 Å². The molecular weight excluding hydrogens is 396 g/mol. The number of likely N-dealkylation sites (tertiary alicyclic amines) is 1. The van der Waals surface area contributed by atoms with Crippen LogP contribution in [0.3, 0.4) is 0 Å². The van der Waals surface area contributed by atoms with Gasteiger partial charge in [0.2, 0.25) is 5.91 Å². The fraction of sp³-hybridized carbons (Fsp3) is 0.667. The SMILES string of the molecule is CCOC(=O)[C@@]12CC[C@@H](N3CCOCC3)C[C@H]1CCN(C(=O)Cc1ccc(O)cc1)C2. The van der Waals surface area contributed by atoms with Gasteiger partial charge in [-0.15, -0.1) is 0 Å². The Kier molecular flexibility index (Phi) is 6.82. The molecule has 4 rings (SSSR count). The summed E-state index contributed by atoms with van der Waals surface area (Å²) in [5, 5.41) is 9.47. The number of piperidine rings is 1. The number of fused-ring (bicyclic) bond motifs is 1. The Morgan fingerprint density at radius 3 is 2.61 bits per heavy atom. The molecule has 0 unspecified atom stereocenters. The highest BCUT2D eigenvalue weighted by Crippen LogP contribution is 2.48. The quantitative estimate of drug-likeness (QED) is 0.722. The summed E-state index contributed by atoms with van der Waals surface area (Å²) in [5.41, 5.74) is 0.271. The number of aromatic hydroxyl groups is 1. The number of phenolic OH excluding ortho intramolecular Hbond substituents is 1. The van der Waals surface area contributed by atoms with Gasteiger partial charge in [-0.2, -0.15) is 0 Å². The van der Waals surface area contributed by atoms with Crippen LogP contribution >= 0.6 is 0 Å². The van der Waals surface area contributed by atoms with Crippen molar-refractivity contribution in [2.75, 3.05) is 46.0 Å². The number of phenols is 1. The zero-order valence-corrected chi connectivity index (χ0v) is 18.4. The van der Waals surface area contributed by atoms with Crippen LogP contribution in [-0.4, -0.2) is 78.8 Å². The average molecular weight is 431 g/mol. The lowest BCUT2D eigenvalue weighted by atomic mass is 9.61. The smallest absolute Gasteiger partial charge is 0.314 e. The van der Waals surface area contributed by atoms with Crippen LogP contribution in [0, 0.1) is 11.3 Å². The Morgan fingerprint density at radius 2 is 1.90 bits per heavy atom. The van der Waals surface area contributed by atoms with Gasteiger partial charge in [0, 0.05) is 32.2 Å². The van der Waals surface area contributed by atoms with E-state index in [1.807, 2.05) is 11.8 Å². The maximum absolute atomic E-state index is 13.2. The molecule has 7 heteroatoms. The summed E-state index contributed by atoms with van der Waals surface area (Å²) in [6, 6.07) is 7.23. The molecule has 3 atom stereocenters. The van der Waals surface area contributed by atoms with E-state index in [1.165, 1.54) is 0 Å². The predicted molar refractivity (Wildman–Crippen MR) is 116 cm³/mol. The first-order valence-electron chi connectivity index (χ1n) is 11.6. The number of ether oxygens (including phenoxy) is 2. The number of benzene rings is 1. The van der Waals surface area contributed by atoms with Crippen molar-refractivity contribution in [2.45, 2.75) is 45.1 Å². The minimum atomic E-state index is -0.596. The molecule has 31 heavy (non-hydrogen) atoms. The van der Waals surface area contributed by atoms with Crippen molar-refractivity contribution in [3.05, 3.63) is 29.8 Å². The van der Waals surface area contributed by atoms with Crippen molar-refractivity contribution in [3.8, 4) is 5.75 Å². The van der Waals surface area contributed by atoms with Gasteiger partial charge in [-0.1, -0.05) is 12.1 Å². The van der Waals surface area contributed by atoms with E-state index in [-0.39, 0.29) is 30.0 Å². The molecule has 2 saturated heterocycles. The average Bonchev–Trinajstić information content (AvgIpc) is 2.80. The van der Waals surface area contributed by atoms with E-state index in [2.05, 4.69) is 4.90 Å². The summed E-state index contributed by atoms with van der Waals surface area (Å²) in [5.74, 6) is 0.326. The van der Waals surface area contributed by atoms with Crippen LogP contribution in [0.5, 0.6) is 5.75 Å². The summed E-state index contributed by atoms with van der Waals surface area (Å²) in [7, 11) is 0. The van der Waals surface area contributed by atoms with Gasteiger partial charge in [-0.3, -0.25) is 14.5 Å². The van der Waals surface area contributed by atoms with Crippen LogP contribution in [0.2, 0.25) is 0 Å². The highest BCUT2D eigenvalue weighted by atomic mass is 16.5. The minimum Gasteiger partial charge on any atom is -0.508 e. The molecule has 1 aromatic carbocycles. The molecule has 1 aromatic rings. The second-order valence-corrected chi connectivity index (χ2v) is 9.10. The summed E-state index contributed by atoms with van der Waals surface area (Å²) in [6.07, 6.45) is 3.82. The van der Waals surface area contributed by atoms with Crippen LogP contribution in [0.25, 0.3) is 0 Å². The van der Waals surface area contributed by atoms with Gasteiger partial charge in [-0.05, 0) is 56.2 Å². The van der Waals surface area contributed by atoms with Gasteiger partial charge >= 0.3 is 5.97 Å². The van der Waals surface area contributed by atoms with E-state index in [0.717, 1.165) is 57.6 Å². The molecule has 0 aromatic heterocycles. The van der Waals surface area contributed by atoms with Crippen LogP contribution in [0.1, 0.15) is 38.2 Å². The molecule has 2 heterocycles. The highest BCUT2D eigenvalue weighted by molar-refractivity contribution is 5.82. The van der Waals surface area contributed by atoms with Crippen LogP contribution < -0.4 is 0 Å². The third-order valence-corrected chi connectivity index (χ3v) is 7.37. The topological polar surface area (TPSA) is 79.3 Å². The second kappa shape index (κ2) is 9.57. The zero-order chi connectivity index (χ0) is 21.8. The molecule has 3 fully saturated rings. The standard InChI is InChI=1S/C24H34N2O5/c1-2-31-23(29)24-9-7-20(25-11-13-30-14-12-25)16-19(24)8-10-26(17-24)22(28)15-18-3-5-21(27)6-4-18/h3-6,19-20,27H,2,7-17H2,1H3/t19-,20-,24-/m1/s1. The molecule has 0 spiro atoms. The molecule has 2 aliphatic heterocycles. The number of nitrogens with zero attached hydrogens (tertiary/aromatic N) is 2. The van der Waals surface area contributed by atoms with E-state index in [4.69, 9.17) is 9.47 Å². The van der Waals surface area contributed by atoms with E-state index in [0.29, 0.717) is 25.7 Å². The molecule has 0 bridgehead atoms. The Hall–Kier alpha value is -2.12. The van der Waals surface area contributed by atoms with Crippen molar-refractivity contribution in [2.24, 2.45) is 11.3 Å². The number of carbonyl (C=O) groups excluding carboxylic acids is 2. The monoisotopic (exact) mass is 430 g/mol. The van der Waals surface area contributed by atoms with Gasteiger partial charge < -0.3 is 19.5 Å². The first-order chi connectivity index (χ1) is 15.0. The normalized spacial score (nSPS) is 29.3. The number of rotatable bonds is 5. The van der Waals surface area contributed by atoms with E-state index in [1.54, 1.807) is 24.3 Å². The highest BCUT2D eigenvalue weighted by Gasteiger charge is 2.54. The summed E-state index contributed by atoms with van der Waals surface area (Å²) in [4.78, 5) is 30.6. The Labute approximate surface area is 184 Å². The number of carbonyl (C=O) groups is 2. The largest absolute Gasteiger partial charge is 0.508 e. The summed E-state index contributed by atoms with van der Waals surface area (Å²) < 4.78 is 11.1. The minimum absolute atomic E-state index is 0.0307. The molecule has 170 valence electrons. The number of morpholine rings is 1. The predicted octanol–water partition coefficient (Wildman–Crippen LogP) is 2.22. The summed E-state index contributed by atoms with van der Waals surface area (Å²) >= 11 is 0. The third kappa shape index (κ3) is 4.72. The Balaban J connectivity index is 1.47. The van der Waals surface area contributed by atoms with Crippen molar-refractivity contribution >= 4 is 11.9 Å². The Bertz CT molecular complexity index is 777. The number of esters is 1. The lowest BCUT2D eigenvalue weighted by Crippen LogP contribution is -2.59. The first-order valence-corrected chi connectivity index (χ1v) is 11.6. The van der Waals surface area contributed by atoms with Gasteiger partial charge in [0.05, 0.1) is 31.7 Å². The van der Waals surface area contributed by atoms with Crippen molar-refractivity contribution in [1.82, 2.24) is 9.80 Å². The fourth-order valence-electron chi connectivity index (χ4n) is 5.63. The first kappa shape index (κ1) is 22.1. The van der Waals surface area contributed by atoms with Crippen LogP contribution in [0.15, 0.2) is 24.3 Å². The molecule has 1 N–H and O–H groups in total. The molecular formula is C24H34N2O5. The van der Waals surface area contributed by atoms with E-state index < -0.39 is 5.41 Å². The zero-order valence-electron chi connectivity index (χ0n) is 18.4. The maximum Gasteiger partial charge on any atom is 0.314 e. The lowest BCUT2D eigenvalue weighted by Gasteiger charge is -2.52. The summed E-state index contributed by atoms with van der Waals surface area (Å²) in [6.45, 7) is 6.82. The fourth-order valence-corrected chi connectivity index (χ4v) is 5.63. The third-order valence-electron chi connectivity index (χ3n) is 7.37. The Morgan fingerprint density at radius 1 is 1.16 bits per heavy atom. The van der Waals surface area contributed by atoms with Crippen molar-refractivity contribution in [1.29, 1.82) is 0 Å². The van der Waals surface area contributed by atoms with Gasteiger partial charge in [0.1, 0.15) is 5.75 Å². The number of amides is 1. The lowest BCUT2D eigenvalue weighted by molar-refractivity contribution is -0.171. The number of hydrogen-bond acceptors (Lipinski definition) is 6. The molecule has 1 saturated carbocycles. The van der Waals surface area contributed by atoms with Crippen molar-refractivity contribution < 1.29 is 24.2 Å². The molecule has 7 nitrogen and oxygen atoms in total.